The number of aromatic nitrogens is 2. The fraction of sp³-hybridized carbons (Fsp3) is 0.600. The van der Waals surface area contributed by atoms with Gasteiger partial charge in [-0.25, -0.2) is 4.63 Å². The third-order valence-corrected chi connectivity index (χ3v) is 4.72. The van der Waals surface area contributed by atoms with Crippen molar-refractivity contribution in [1.29, 1.82) is 0 Å². The van der Waals surface area contributed by atoms with Gasteiger partial charge in [0.1, 0.15) is 11.0 Å². The van der Waals surface area contributed by atoms with E-state index in [-0.39, 0.29) is 11.7 Å². The molecule has 4 rings (SSSR count). The molecule has 2 saturated heterocycles. The number of ether oxygens (including phenoxy) is 1. The molecule has 2 fully saturated rings. The molecule has 1 N–H and O–H groups in total. The van der Waals surface area contributed by atoms with Gasteiger partial charge < -0.3 is 9.84 Å². The zero-order valence-electron chi connectivity index (χ0n) is 11.9. The lowest BCUT2D eigenvalue weighted by molar-refractivity contribution is -0.0456. The molecule has 2 aliphatic heterocycles. The first-order valence-corrected chi connectivity index (χ1v) is 7.49. The van der Waals surface area contributed by atoms with Crippen molar-refractivity contribution < 1.29 is 14.5 Å². The van der Waals surface area contributed by atoms with Gasteiger partial charge in [0, 0.05) is 26.1 Å². The number of fused-ring (bicyclic) bond motifs is 1. The van der Waals surface area contributed by atoms with Gasteiger partial charge in [-0.15, -0.1) is 0 Å². The number of hydrogen-bond acceptors (Lipinski definition) is 6. The molecule has 0 aliphatic carbocycles. The molecule has 1 aromatic heterocycles. The van der Waals surface area contributed by atoms with E-state index in [0.717, 1.165) is 55.5 Å². The number of aliphatic hydroxyl groups is 1. The van der Waals surface area contributed by atoms with E-state index < -0.39 is 0 Å². The minimum absolute atomic E-state index is 0.0859. The quantitative estimate of drug-likeness (QED) is 0.899. The van der Waals surface area contributed by atoms with Crippen LogP contribution >= 0.6 is 0 Å². The number of nitrogens with zero attached hydrogens (tertiary/aromatic N) is 3. The molecule has 2 aromatic rings. The maximum Gasteiger partial charge on any atom is 0.139 e. The number of rotatable bonds is 2. The van der Waals surface area contributed by atoms with Gasteiger partial charge in [0.2, 0.25) is 0 Å². The Morgan fingerprint density at radius 3 is 2.90 bits per heavy atom. The molecule has 6 heteroatoms. The van der Waals surface area contributed by atoms with Gasteiger partial charge in [-0.05, 0) is 34.8 Å². The van der Waals surface area contributed by atoms with Gasteiger partial charge in [-0.1, -0.05) is 12.1 Å². The second-order valence-corrected chi connectivity index (χ2v) is 6.18. The molecule has 1 aromatic carbocycles. The first-order valence-electron chi connectivity index (χ1n) is 7.49. The Hall–Kier alpha value is -1.50. The van der Waals surface area contributed by atoms with Crippen LogP contribution in [0.4, 0.5) is 0 Å². The number of piperidine rings is 1. The fourth-order valence-electron chi connectivity index (χ4n) is 3.52. The van der Waals surface area contributed by atoms with E-state index in [0.29, 0.717) is 6.61 Å². The summed E-state index contributed by atoms with van der Waals surface area (Å²) in [5.74, 6) is 0. The molecule has 0 amide bonds. The van der Waals surface area contributed by atoms with Gasteiger partial charge >= 0.3 is 0 Å². The maximum atomic E-state index is 9.68. The molecule has 112 valence electrons. The summed E-state index contributed by atoms with van der Waals surface area (Å²) in [5.41, 5.74) is 2.72. The predicted octanol–water partition coefficient (Wildman–Crippen LogP) is 1.34. The zero-order valence-corrected chi connectivity index (χ0v) is 11.9. The second-order valence-electron chi connectivity index (χ2n) is 6.18. The van der Waals surface area contributed by atoms with Gasteiger partial charge in [-0.2, -0.15) is 0 Å². The van der Waals surface area contributed by atoms with Crippen LogP contribution in [0.3, 0.4) is 0 Å². The lowest BCUT2D eigenvalue weighted by Gasteiger charge is -2.38. The molecular weight excluding hydrogens is 270 g/mol. The molecule has 3 heterocycles. The summed E-state index contributed by atoms with van der Waals surface area (Å²) in [6.07, 6.45) is 2.46. The third kappa shape index (κ3) is 2.43. The van der Waals surface area contributed by atoms with Crippen molar-refractivity contribution in [3.63, 3.8) is 0 Å². The van der Waals surface area contributed by atoms with Crippen LogP contribution in [0.25, 0.3) is 11.0 Å². The van der Waals surface area contributed by atoms with E-state index in [1.165, 1.54) is 0 Å². The van der Waals surface area contributed by atoms with Gasteiger partial charge in [0.25, 0.3) is 0 Å². The summed E-state index contributed by atoms with van der Waals surface area (Å²) in [6.45, 7) is 3.30. The Morgan fingerprint density at radius 2 is 2.14 bits per heavy atom. The van der Waals surface area contributed by atoms with E-state index >= 15 is 0 Å². The molecule has 1 spiro atoms. The molecule has 0 saturated carbocycles. The summed E-state index contributed by atoms with van der Waals surface area (Å²) in [7, 11) is 0. The Kier molecular flexibility index (Phi) is 3.17. The third-order valence-electron chi connectivity index (χ3n) is 4.72. The SMILES string of the molecule is O[C@H]1COC2(CCN(Cc3cccc4nonc34)CC2)C1. The normalized spacial score (nSPS) is 25.9. The molecule has 6 nitrogen and oxygen atoms in total. The van der Waals surface area contributed by atoms with Crippen LogP contribution in [0.1, 0.15) is 24.8 Å². The summed E-state index contributed by atoms with van der Waals surface area (Å²) >= 11 is 0. The molecule has 0 radical (unpaired) electrons. The Labute approximate surface area is 122 Å². The maximum absolute atomic E-state index is 9.68. The number of aliphatic hydroxyl groups excluding tert-OH is 1. The molecule has 1 atom stereocenters. The lowest BCUT2D eigenvalue weighted by atomic mass is 9.88. The summed E-state index contributed by atoms with van der Waals surface area (Å²) in [6, 6.07) is 5.98. The van der Waals surface area contributed by atoms with Crippen molar-refractivity contribution >= 4 is 11.0 Å². The highest BCUT2D eigenvalue weighted by molar-refractivity contribution is 5.76. The van der Waals surface area contributed by atoms with Crippen LogP contribution in [0.15, 0.2) is 22.8 Å². The van der Waals surface area contributed by atoms with Crippen molar-refractivity contribution in [1.82, 2.24) is 15.2 Å². The van der Waals surface area contributed by atoms with E-state index in [9.17, 15) is 5.11 Å². The second kappa shape index (κ2) is 5.05. The average molecular weight is 289 g/mol. The van der Waals surface area contributed by atoms with Crippen molar-refractivity contribution in [2.24, 2.45) is 0 Å². The van der Waals surface area contributed by atoms with Crippen LogP contribution in [-0.2, 0) is 11.3 Å². The standard InChI is InChI=1S/C15H19N3O3/c19-12-8-15(20-10-12)4-6-18(7-5-15)9-11-2-1-3-13-14(11)17-21-16-13/h1-3,12,19H,4-10H2/t12-/m1/s1. The Bertz CT molecular complexity index is 634. The predicted molar refractivity (Wildman–Crippen MR) is 75.6 cm³/mol. The van der Waals surface area contributed by atoms with E-state index in [1.54, 1.807) is 0 Å². The summed E-state index contributed by atoms with van der Waals surface area (Å²) in [4.78, 5) is 2.41. The van der Waals surface area contributed by atoms with Crippen molar-refractivity contribution in [3.05, 3.63) is 23.8 Å². The van der Waals surface area contributed by atoms with Crippen LogP contribution < -0.4 is 0 Å². The van der Waals surface area contributed by atoms with E-state index in [4.69, 9.17) is 9.37 Å². The number of likely N-dealkylation sites (tertiary alicyclic amines) is 1. The first kappa shape index (κ1) is 13.2. The number of benzene rings is 1. The minimum Gasteiger partial charge on any atom is -0.391 e. The van der Waals surface area contributed by atoms with Crippen molar-refractivity contribution in [2.45, 2.75) is 37.5 Å². The van der Waals surface area contributed by atoms with Gasteiger partial charge in [0.05, 0.1) is 18.3 Å². The lowest BCUT2D eigenvalue weighted by Crippen LogP contribution is -2.43. The highest BCUT2D eigenvalue weighted by atomic mass is 16.6. The Morgan fingerprint density at radius 1 is 1.29 bits per heavy atom. The topological polar surface area (TPSA) is 71.6 Å². The van der Waals surface area contributed by atoms with E-state index in [1.807, 2.05) is 12.1 Å². The monoisotopic (exact) mass is 289 g/mol. The summed E-state index contributed by atoms with van der Waals surface area (Å²) < 4.78 is 10.7. The molecule has 2 aliphatic rings. The van der Waals surface area contributed by atoms with Crippen LogP contribution in [0.5, 0.6) is 0 Å². The van der Waals surface area contributed by atoms with Crippen LogP contribution in [0, 0.1) is 0 Å². The largest absolute Gasteiger partial charge is 0.391 e. The molecular formula is C15H19N3O3. The molecule has 0 unspecified atom stereocenters. The number of hydrogen-bond donors (Lipinski definition) is 1. The van der Waals surface area contributed by atoms with Crippen LogP contribution in [0.2, 0.25) is 0 Å². The highest BCUT2D eigenvalue weighted by Crippen LogP contribution is 2.36. The van der Waals surface area contributed by atoms with Crippen molar-refractivity contribution in [2.75, 3.05) is 19.7 Å². The van der Waals surface area contributed by atoms with Crippen LogP contribution in [-0.4, -0.2) is 51.7 Å². The van der Waals surface area contributed by atoms with Gasteiger partial charge in [-0.3, -0.25) is 4.90 Å². The Balaban J connectivity index is 1.44. The van der Waals surface area contributed by atoms with E-state index in [2.05, 4.69) is 21.3 Å². The fourth-order valence-corrected chi connectivity index (χ4v) is 3.52. The highest BCUT2D eigenvalue weighted by Gasteiger charge is 2.42. The minimum atomic E-state index is -0.286. The smallest absolute Gasteiger partial charge is 0.139 e. The first-order chi connectivity index (χ1) is 10.2. The average Bonchev–Trinajstić information content (AvgIpc) is 3.10. The van der Waals surface area contributed by atoms with Gasteiger partial charge in [0.15, 0.2) is 0 Å². The zero-order chi connectivity index (χ0) is 14.3. The van der Waals surface area contributed by atoms with Crippen molar-refractivity contribution in [3.8, 4) is 0 Å². The molecule has 21 heavy (non-hydrogen) atoms. The molecule has 0 bridgehead atoms. The summed E-state index contributed by atoms with van der Waals surface area (Å²) in [5, 5.41) is 17.6.